The van der Waals surface area contributed by atoms with E-state index in [4.69, 9.17) is 4.98 Å². The van der Waals surface area contributed by atoms with Gasteiger partial charge in [0.2, 0.25) is 0 Å². The molecule has 0 bridgehead atoms. The van der Waals surface area contributed by atoms with Gasteiger partial charge in [0.25, 0.3) is 0 Å². The number of para-hydroxylation sites is 2. The molecule has 29 heavy (non-hydrogen) atoms. The van der Waals surface area contributed by atoms with Crippen LogP contribution in [0.3, 0.4) is 0 Å². The zero-order valence-corrected chi connectivity index (χ0v) is 16.3. The second-order valence-corrected chi connectivity index (χ2v) is 7.43. The molecule has 3 aromatic rings. The van der Waals surface area contributed by atoms with Crippen LogP contribution < -0.4 is 5.32 Å². The molecule has 1 fully saturated rings. The number of nitrogens with zero attached hydrogens (tertiary/aromatic N) is 3. The molecule has 2 unspecified atom stereocenters. The van der Waals surface area contributed by atoms with Crippen molar-refractivity contribution in [2.45, 2.75) is 18.9 Å². The number of hydrogen-bond acceptors (Lipinski definition) is 3. The summed E-state index contributed by atoms with van der Waals surface area (Å²) in [5, 5.41) is 12.4. The first-order valence-electron chi connectivity index (χ1n) is 9.79. The largest absolute Gasteiger partial charge is 0.481 e. The molecule has 1 saturated heterocycles. The van der Waals surface area contributed by atoms with Crippen LogP contribution in [0.4, 0.5) is 4.79 Å². The first-order valence-corrected chi connectivity index (χ1v) is 9.79. The van der Waals surface area contributed by atoms with Crippen molar-refractivity contribution in [2.75, 3.05) is 13.1 Å². The quantitative estimate of drug-likeness (QED) is 0.714. The van der Waals surface area contributed by atoms with Crippen LogP contribution in [-0.4, -0.2) is 44.6 Å². The highest BCUT2D eigenvalue weighted by atomic mass is 16.4. The Kier molecular flexibility index (Phi) is 5.20. The molecule has 0 aliphatic carbocycles. The summed E-state index contributed by atoms with van der Waals surface area (Å²) < 4.78 is 1.99. The number of amides is 2. The maximum atomic E-state index is 13.0. The Morgan fingerprint density at radius 3 is 2.59 bits per heavy atom. The second-order valence-electron chi connectivity index (χ2n) is 7.43. The maximum Gasteiger partial charge on any atom is 0.318 e. The van der Waals surface area contributed by atoms with Gasteiger partial charge in [-0.25, -0.2) is 9.78 Å². The summed E-state index contributed by atoms with van der Waals surface area (Å²) in [5.74, 6) is -0.629. The molecule has 7 nitrogen and oxygen atoms in total. The van der Waals surface area contributed by atoms with E-state index in [1.807, 2.05) is 66.2 Å². The number of likely N-dealkylation sites (tertiary alicyclic amines) is 1. The highest BCUT2D eigenvalue weighted by molar-refractivity contribution is 5.79. The lowest BCUT2D eigenvalue weighted by Crippen LogP contribution is -2.48. The van der Waals surface area contributed by atoms with Gasteiger partial charge in [-0.05, 0) is 30.5 Å². The summed E-state index contributed by atoms with van der Waals surface area (Å²) in [4.78, 5) is 30.8. The zero-order valence-electron chi connectivity index (χ0n) is 16.3. The molecule has 2 aromatic carbocycles. The minimum Gasteiger partial charge on any atom is -0.481 e. The number of rotatable bonds is 4. The molecule has 2 amide bonds. The minimum absolute atomic E-state index is 0.227. The van der Waals surface area contributed by atoms with Gasteiger partial charge in [0.1, 0.15) is 11.9 Å². The number of urea groups is 1. The van der Waals surface area contributed by atoms with Crippen molar-refractivity contribution in [3.05, 3.63) is 66.0 Å². The summed E-state index contributed by atoms with van der Waals surface area (Å²) in [6, 6.07) is 16.8. The second kappa shape index (κ2) is 7.95. The number of aryl methyl sites for hydroxylation is 1. The molecule has 2 heterocycles. The summed E-state index contributed by atoms with van der Waals surface area (Å²) in [7, 11) is 1.94. The number of fused-ring (bicyclic) bond motifs is 1. The van der Waals surface area contributed by atoms with Crippen molar-refractivity contribution >= 4 is 23.0 Å². The Labute approximate surface area is 169 Å². The number of carboxylic acids is 1. The molecule has 7 heteroatoms. The lowest BCUT2D eigenvalue weighted by atomic mass is 9.98. The molecule has 0 spiro atoms. The van der Waals surface area contributed by atoms with Crippen LogP contribution in [0.15, 0.2) is 54.6 Å². The van der Waals surface area contributed by atoms with Crippen LogP contribution in [0.5, 0.6) is 0 Å². The summed E-state index contributed by atoms with van der Waals surface area (Å²) in [6.07, 6.45) is 1.29. The molecule has 1 aliphatic heterocycles. The predicted molar refractivity (Wildman–Crippen MR) is 109 cm³/mol. The zero-order chi connectivity index (χ0) is 20.4. The Bertz CT molecular complexity index is 1030. The molecule has 2 atom stereocenters. The van der Waals surface area contributed by atoms with E-state index in [0.717, 1.165) is 22.4 Å². The predicted octanol–water partition coefficient (Wildman–Crippen LogP) is 3.17. The van der Waals surface area contributed by atoms with Crippen LogP contribution in [0.1, 0.15) is 30.3 Å². The number of piperidine rings is 1. The molecular weight excluding hydrogens is 368 g/mol. The number of imidazole rings is 1. The van der Waals surface area contributed by atoms with E-state index in [-0.39, 0.29) is 12.6 Å². The third kappa shape index (κ3) is 3.81. The minimum atomic E-state index is -0.850. The van der Waals surface area contributed by atoms with Gasteiger partial charge in [0.15, 0.2) is 0 Å². The molecule has 4 rings (SSSR count). The fourth-order valence-corrected chi connectivity index (χ4v) is 3.94. The van der Waals surface area contributed by atoms with E-state index >= 15 is 0 Å². The van der Waals surface area contributed by atoms with Crippen molar-refractivity contribution in [1.82, 2.24) is 19.8 Å². The lowest BCUT2D eigenvalue weighted by molar-refractivity contribution is -0.143. The van der Waals surface area contributed by atoms with E-state index in [0.29, 0.717) is 19.4 Å². The Morgan fingerprint density at radius 1 is 1.14 bits per heavy atom. The van der Waals surface area contributed by atoms with Crippen LogP contribution in [0.2, 0.25) is 0 Å². The molecule has 150 valence electrons. The van der Waals surface area contributed by atoms with Gasteiger partial charge in [-0.3, -0.25) is 4.79 Å². The van der Waals surface area contributed by atoms with Crippen LogP contribution in [0.25, 0.3) is 11.0 Å². The monoisotopic (exact) mass is 392 g/mol. The van der Waals surface area contributed by atoms with E-state index in [9.17, 15) is 14.7 Å². The van der Waals surface area contributed by atoms with Crippen LogP contribution in [-0.2, 0) is 11.8 Å². The van der Waals surface area contributed by atoms with E-state index in [1.54, 1.807) is 4.90 Å². The summed E-state index contributed by atoms with van der Waals surface area (Å²) in [5.41, 5.74) is 2.77. The average molecular weight is 392 g/mol. The van der Waals surface area contributed by atoms with Gasteiger partial charge in [0.05, 0.1) is 17.0 Å². The van der Waals surface area contributed by atoms with Crippen molar-refractivity contribution in [3.63, 3.8) is 0 Å². The molecule has 0 radical (unpaired) electrons. The van der Waals surface area contributed by atoms with Crippen molar-refractivity contribution < 1.29 is 14.7 Å². The van der Waals surface area contributed by atoms with Crippen LogP contribution >= 0.6 is 0 Å². The number of nitrogens with one attached hydrogen (secondary N) is 1. The third-order valence-corrected chi connectivity index (χ3v) is 5.54. The molecular formula is C22H24N4O3. The summed E-state index contributed by atoms with van der Waals surface area (Å²) in [6.45, 7) is 0.783. The van der Waals surface area contributed by atoms with Gasteiger partial charge in [-0.2, -0.15) is 0 Å². The first-order chi connectivity index (χ1) is 14.0. The normalized spacial score (nSPS) is 17.8. The number of aliphatic carboxylic acids is 1. The smallest absolute Gasteiger partial charge is 0.318 e. The van der Waals surface area contributed by atoms with Gasteiger partial charge in [-0.1, -0.05) is 42.5 Å². The molecule has 1 aromatic heterocycles. The first kappa shape index (κ1) is 19.0. The van der Waals surface area contributed by atoms with Gasteiger partial charge < -0.3 is 19.9 Å². The summed E-state index contributed by atoms with van der Waals surface area (Å²) >= 11 is 0. The fourth-order valence-electron chi connectivity index (χ4n) is 3.94. The van der Waals surface area contributed by atoms with Crippen molar-refractivity contribution in [2.24, 2.45) is 13.0 Å². The number of hydrogen-bond donors (Lipinski definition) is 2. The Morgan fingerprint density at radius 2 is 1.86 bits per heavy atom. The number of aromatic nitrogens is 2. The maximum absolute atomic E-state index is 13.0. The Balaban J connectivity index is 1.66. The van der Waals surface area contributed by atoms with Gasteiger partial charge in [-0.15, -0.1) is 0 Å². The number of carbonyl (C=O) groups excluding carboxylic acids is 1. The average Bonchev–Trinajstić information content (AvgIpc) is 3.09. The standard InChI is InChI=1S/C22H24N4O3/c1-25-18-12-6-5-11-17(18)23-20(25)19(15-8-3-2-4-9-15)24-22(29)26-13-7-10-16(14-26)21(27)28/h2-6,8-9,11-12,16,19H,7,10,13-14H2,1H3,(H,24,29)(H,27,28). The number of carbonyl (C=O) groups is 2. The number of carboxylic acid groups (broad SMARTS) is 1. The lowest BCUT2D eigenvalue weighted by Gasteiger charge is -2.32. The SMILES string of the molecule is Cn1c(C(NC(=O)N2CCCC(C(=O)O)C2)c2ccccc2)nc2ccccc21. The van der Waals surface area contributed by atoms with Crippen LogP contribution in [0, 0.1) is 5.92 Å². The fraction of sp³-hybridized carbons (Fsp3) is 0.318. The third-order valence-electron chi connectivity index (χ3n) is 5.54. The van der Waals surface area contributed by atoms with Crippen molar-refractivity contribution in [1.29, 1.82) is 0 Å². The Hall–Kier alpha value is -3.35. The van der Waals surface area contributed by atoms with Gasteiger partial charge >= 0.3 is 12.0 Å². The van der Waals surface area contributed by atoms with E-state index < -0.39 is 17.9 Å². The molecule has 0 saturated carbocycles. The van der Waals surface area contributed by atoms with E-state index in [1.165, 1.54) is 0 Å². The molecule has 2 N–H and O–H groups in total. The van der Waals surface area contributed by atoms with E-state index in [2.05, 4.69) is 5.32 Å². The highest BCUT2D eigenvalue weighted by Crippen LogP contribution is 2.26. The van der Waals surface area contributed by atoms with Crippen molar-refractivity contribution in [3.8, 4) is 0 Å². The number of benzene rings is 2. The van der Waals surface area contributed by atoms with Gasteiger partial charge in [0, 0.05) is 20.1 Å². The topological polar surface area (TPSA) is 87.5 Å². The highest BCUT2D eigenvalue weighted by Gasteiger charge is 2.30. The molecule has 1 aliphatic rings.